The molecule has 0 saturated carbocycles. The molecule has 5 heteroatoms. The first-order chi connectivity index (χ1) is 6.06. The van der Waals surface area contributed by atoms with Crippen LogP contribution in [0.15, 0.2) is 6.07 Å². The van der Waals surface area contributed by atoms with Gasteiger partial charge in [0.25, 0.3) is 6.43 Å². The minimum atomic E-state index is -2.74. The van der Waals surface area contributed by atoms with Crippen LogP contribution < -0.4 is 0 Å². The number of aromatic nitrogens is 1. The second-order valence-corrected chi connectivity index (χ2v) is 2.55. The number of aliphatic hydroxyl groups is 1. The highest BCUT2D eigenvalue weighted by Gasteiger charge is 2.15. The second-order valence-electron chi connectivity index (χ2n) is 2.55. The molecule has 0 saturated heterocycles. The number of rotatable bonds is 2. The van der Waals surface area contributed by atoms with E-state index in [4.69, 9.17) is 5.11 Å². The lowest BCUT2D eigenvalue weighted by Crippen LogP contribution is -2.01. The van der Waals surface area contributed by atoms with Gasteiger partial charge in [0.05, 0.1) is 6.61 Å². The third-order valence-corrected chi connectivity index (χ3v) is 1.66. The number of alkyl halides is 2. The topological polar surface area (TPSA) is 33.1 Å². The van der Waals surface area contributed by atoms with Gasteiger partial charge in [-0.2, -0.15) is 0 Å². The molecule has 0 radical (unpaired) electrons. The van der Waals surface area contributed by atoms with Gasteiger partial charge in [-0.15, -0.1) is 0 Å². The van der Waals surface area contributed by atoms with Crippen LogP contribution in [0.1, 0.15) is 23.4 Å². The van der Waals surface area contributed by atoms with E-state index in [9.17, 15) is 13.2 Å². The Hall–Kier alpha value is -1.10. The van der Waals surface area contributed by atoms with Crippen molar-refractivity contribution in [3.63, 3.8) is 0 Å². The van der Waals surface area contributed by atoms with Crippen LogP contribution in [0, 0.1) is 12.7 Å². The number of hydrogen-bond acceptors (Lipinski definition) is 2. The molecule has 0 aliphatic carbocycles. The maximum Gasteiger partial charge on any atom is 0.265 e. The first-order valence-electron chi connectivity index (χ1n) is 3.61. The third-order valence-electron chi connectivity index (χ3n) is 1.66. The fraction of sp³-hybridized carbons (Fsp3) is 0.375. The zero-order valence-corrected chi connectivity index (χ0v) is 6.89. The largest absolute Gasteiger partial charge is 0.390 e. The van der Waals surface area contributed by atoms with Gasteiger partial charge < -0.3 is 5.11 Å². The summed E-state index contributed by atoms with van der Waals surface area (Å²) in [4.78, 5) is 3.51. The van der Waals surface area contributed by atoms with Crippen LogP contribution in [0.25, 0.3) is 0 Å². The molecule has 0 aromatic carbocycles. The number of pyridine rings is 1. The first-order valence-corrected chi connectivity index (χ1v) is 3.61. The van der Waals surface area contributed by atoms with Crippen molar-refractivity contribution in [2.45, 2.75) is 20.0 Å². The van der Waals surface area contributed by atoms with Crippen molar-refractivity contribution in [2.75, 3.05) is 0 Å². The van der Waals surface area contributed by atoms with E-state index in [1.54, 1.807) is 0 Å². The Morgan fingerprint density at radius 3 is 2.62 bits per heavy atom. The van der Waals surface area contributed by atoms with Gasteiger partial charge in [0.1, 0.15) is 11.5 Å². The summed E-state index contributed by atoms with van der Waals surface area (Å²) >= 11 is 0. The molecule has 1 aromatic heterocycles. The van der Waals surface area contributed by atoms with Crippen LogP contribution >= 0.6 is 0 Å². The number of nitrogens with zero attached hydrogens (tertiary/aromatic N) is 1. The summed E-state index contributed by atoms with van der Waals surface area (Å²) in [5, 5.41) is 8.58. The van der Waals surface area contributed by atoms with E-state index in [0.717, 1.165) is 0 Å². The lowest BCUT2D eigenvalue weighted by atomic mass is 10.2. The Bertz CT molecular complexity index is 315. The zero-order chi connectivity index (χ0) is 10.0. The molecular formula is C8H8F3NO. The van der Waals surface area contributed by atoms with Crippen molar-refractivity contribution in [3.8, 4) is 0 Å². The second kappa shape index (κ2) is 3.74. The van der Waals surface area contributed by atoms with Crippen molar-refractivity contribution in [2.24, 2.45) is 0 Å². The fourth-order valence-electron chi connectivity index (χ4n) is 0.976. The summed E-state index contributed by atoms with van der Waals surface area (Å²) in [5.41, 5.74) is -0.600. The molecule has 2 nitrogen and oxygen atoms in total. The highest BCUT2D eigenvalue weighted by atomic mass is 19.3. The van der Waals surface area contributed by atoms with E-state index in [1.807, 2.05) is 0 Å². The normalized spacial score (nSPS) is 10.9. The molecule has 0 aliphatic heterocycles. The van der Waals surface area contributed by atoms with Gasteiger partial charge >= 0.3 is 0 Å². The van der Waals surface area contributed by atoms with Gasteiger partial charge in [0.15, 0.2) is 0 Å². The van der Waals surface area contributed by atoms with E-state index >= 15 is 0 Å². The molecule has 0 amide bonds. The summed E-state index contributed by atoms with van der Waals surface area (Å²) in [7, 11) is 0. The minimum absolute atomic E-state index is 0.0421. The summed E-state index contributed by atoms with van der Waals surface area (Å²) in [6, 6.07) is 0.707. The van der Waals surface area contributed by atoms with E-state index in [0.29, 0.717) is 6.07 Å². The number of halogens is 3. The predicted octanol–water partition coefficient (Wildman–Crippen LogP) is 1.96. The minimum Gasteiger partial charge on any atom is -0.390 e. The van der Waals surface area contributed by atoms with Crippen LogP contribution in [0.4, 0.5) is 13.2 Å². The monoisotopic (exact) mass is 191 g/mol. The van der Waals surface area contributed by atoms with E-state index in [-0.39, 0.29) is 11.4 Å². The molecule has 0 spiro atoms. The van der Waals surface area contributed by atoms with Gasteiger partial charge in [0, 0.05) is 11.3 Å². The first kappa shape index (κ1) is 9.98. The molecule has 0 bridgehead atoms. The van der Waals surface area contributed by atoms with Crippen LogP contribution in [-0.2, 0) is 6.61 Å². The molecule has 1 rings (SSSR count). The number of aliphatic hydroxyl groups excluding tert-OH is 1. The van der Waals surface area contributed by atoms with Crippen molar-refractivity contribution >= 4 is 0 Å². The molecule has 1 N–H and O–H groups in total. The maximum atomic E-state index is 12.8. The van der Waals surface area contributed by atoms with Gasteiger partial charge in [0.2, 0.25) is 0 Å². The average molecular weight is 191 g/mol. The van der Waals surface area contributed by atoms with Crippen molar-refractivity contribution in [1.29, 1.82) is 0 Å². The Balaban J connectivity index is 3.20. The van der Waals surface area contributed by atoms with E-state index in [1.165, 1.54) is 6.92 Å². The molecule has 0 unspecified atom stereocenters. The van der Waals surface area contributed by atoms with Gasteiger partial charge in [-0.3, -0.25) is 4.98 Å². The van der Waals surface area contributed by atoms with Gasteiger partial charge in [-0.25, -0.2) is 13.2 Å². The molecule has 0 fully saturated rings. The molecule has 1 heterocycles. The Morgan fingerprint density at radius 2 is 2.15 bits per heavy atom. The molecule has 0 aliphatic rings. The third kappa shape index (κ3) is 1.98. The Morgan fingerprint density at radius 1 is 1.54 bits per heavy atom. The highest BCUT2D eigenvalue weighted by molar-refractivity contribution is 5.24. The molecule has 72 valence electrons. The molecule has 0 atom stereocenters. The maximum absolute atomic E-state index is 12.8. The van der Waals surface area contributed by atoms with Crippen LogP contribution in [0.3, 0.4) is 0 Å². The molecule has 1 aromatic rings. The van der Waals surface area contributed by atoms with Crippen LogP contribution in [-0.4, -0.2) is 10.1 Å². The summed E-state index contributed by atoms with van der Waals surface area (Å²) in [6.45, 7) is 0.760. The summed E-state index contributed by atoms with van der Waals surface area (Å²) < 4.78 is 37.2. The predicted molar refractivity (Wildman–Crippen MR) is 39.8 cm³/mol. The number of hydrogen-bond donors (Lipinski definition) is 1. The fourth-order valence-corrected chi connectivity index (χ4v) is 0.976. The molecular weight excluding hydrogens is 183 g/mol. The standard InChI is InChI=1S/C8H8F3NO/c1-4-5(8(10)11)2-6(9)7(3-13)12-4/h2,8,13H,3H2,1H3. The highest BCUT2D eigenvalue weighted by Crippen LogP contribution is 2.23. The van der Waals surface area contributed by atoms with Crippen molar-refractivity contribution in [1.82, 2.24) is 4.98 Å². The van der Waals surface area contributed by atoms with E-state index < -0.39 is 24.4 Å². The smallest absolute Gasteiger partial charge is 0.265 e. The summed E-state index contributed by atoms with van der Waals surface area (Å²) in [5.74, 6) is -0.900. The Labute approximate surface area is 73.0 Å². The zero-order valence-electron chi connectivity index (χ0n) is 6.89. The Kier molecular flexibility index (Phi) is 2.87. The van der Waals surface area contributed by atoms with Crippen molar-refractivity contribution < 1.29 is 18.3 Å². The summed E-state index contributed by atoms with van der Waals surface area (Å²) in [6.07, 6.45) is -2.74. The SMILES string of the molecule is Cc1nc(CO)c(F)cc1C(F)F. The lowest BCUT2D eigenvalue weighted by Gasteiger charge is -2.06. The number of aryl methyl sites for hydroxylation is 1. The van der Waals surface area contributed by atoms with Gasteiger partial charge in [-0.05, 0) is 13.0 Å². The van der Waals surface area contributed by atoms with Crippen molar-refractivity contribution in [3.05, 3.63) is 28.8 Å². The van der Waals surface area contributed by atoms with Gasteiger partial charge in [-0.1, -0.05) is 0 Å². The van der Waals surface area contributed by atoms with E-state index in [2.05, 4.69) is 4.98 Å². The average Bonchev–Trinajstić information content (AvgIpc) is 2.07. The lowest BCUT2D eigenvalue weighted by molar-refractivity contribution is 0.149. The van der Waals surface area contributed by atoms with Crippen LogP contribution in [0.2, 0.25) is 0 Å². The molecule has 13 heavy (non-hydrogen) atoms. The quantitative estimate of drug-likeness (QED) is 0.775. The van der Waals surface area contributed by atoms with Crippen LogP contribution in [0.5, 0.6) is 0 Å².